The van der Waals surface area contributed by atoms with Crippen molar-refractivity contribution in [2.24, 2.45) is 5.92 Å². The lowest BCUT2D eigenvalue weighted by atomic mass is 9.87. The van der Waals surface area contributed by atoms with E-state index in [1.54, 1.807) is 17.0 Å². The van der Waals surface area contributed by atoms with Gasteiger partial charge in [-0.3, -0.25) is 4.79 Å². The van der Waals surface area contributed by atoms with E-state index in [0.29, 0.717) is 43.2 Å². The topological polar surface area (TPSA) is 59.0 Å². The molecule has 1 amide bonds. The van der Waals surface area contributed by atoms with Crippen LogP contribution in [0.4, 0.5) is 5.69 Å². The summed E-state index contributed by atoms with van der Waals surface area (Å²) in [5.41, 5.74) is 1.57. The molecule has 2 aliphatic heterocycles. The van der Waals surface area contributed by atoms with Crippen LogP contribution in [0.15, 0.2) is 48.5 Å². The number of benzene rings is 2. The fourth-order valence-corrected chi connectivity index (χ4v) is 3.54. The molecule has 0 bridgehead atoms. The van der Waals surface area contributed by atoms with E-state index < -0.39 is 12.0 Å². The van der Waals surface area contributed by atoms with Gasteiger partial charge in [-0.25, -0.2) is 0 Å². The van der Waals surface area contributed by atoms with Gasteiger partial charge in [-0.05, 0) is 42.7 Å². The van der Waals surface area contributed by atoms with Crippen molar-refractivity contribution in [3.8, 4) is 11.5 Å². The number of nitrogens with zero attached hydrogens (tertiary/aromatic N) is 1. The van der Waals surface area contributed by atoms with Crippen molar-refractivity contribution in [1.82, 2.24) is 0 Å². The van der Waals surface area contributed by atoms with Crippen molar-refractivity contribution in [2.75, 3.05) is 24.7 Å². The summed E-state index contributed by atoms with van der Waals surface area (Å²) in [4.78, 5) is 14.7. The lowest BCUT2D eigenvalue weighted by Gasteiger charge is -2.34. The number of amides is 1. The summed E-state index contributed by atoms with van der Waals surface area (Å²) in [6, 6.07) is 15.0. The molecule has 0 spiro atoms. The highest BCUT2D eigenvalue weighted by Gasteiger charge is 2.35. The Labute approximate surface area is 146 Å². The summed E-state index contributed by atoms with van der Waals surface area (Å²) < 4.78 is 11.1. The first-order valence-corrected chi connectivity index (χ1v) is 8.68. The number of carbonyl (C=O) groups excluding carboxylic acids is 1. The van der Waals surface area contributed by atoms with Crippen LogP contribution in [0.2, 0.25) is 0 Å². The van der Waals surface area contributed by atoms with Gasteiger partial charge in [0.15, 0.2) is 11.5 Å². The number of aliphatic hydroxyl groups is 1. The van der Waals surface area contributed by atoms with Crippen LogP contribution in [0, 0.1) is 5.92 Å². The first-order valence-electron chi connectivity index (χ1n) is 8.68. The molecule has 1 N–H and O–H groups in total. The highest BCUT2D eigenvalue weighted by atomic mass is 16.6. The smallest absolute Gasteiger partial charge is 0.233 e. The molecule has 2 aliphatic rings. The van der Waals surface area contributed by atoms with Crippen LogP contribution in [0.3, 0.4) is 0 Å². The van der Waals surface area contributed by atoms with E-state index in [2.05, 4.69) is 0 Å². The standard InChI is InChI=1S/C20H21NO4/c22-19(14-8-9-17-18(13-14)25-12-11-24-17)16-7-4-10-21(20(16)23)15-5-2-1-3-6-15/h1-3,5-6,8-9,13,16,19,22H,4,7,10-12H2/t16-,19+/m1/s1. The Morgan fingerprint density at radius 1 is 1.04 bits per heavy atom. The van der Waals surface area contributed by atoms with Crippen LogP contribution in [-0.4, -0.2) is 30.8 Å². The number of ether oxygens (including phenoxy) is 2. The number of hydrogen-bond acceptors (Lipinski definition) is 4. The molecule has 0 aliphatic carbocycles. The van der Waals surface area contributed by atoms with Gasteiger partial charge in [-0.2, -0.15) is 0 Å². The average molecular weight is 339 g/mol. The Bertz CT molecular complexity index is 762. The number of fused-ring (bicyclic) bond motifs is 1. The molecule has 2 heterocycles. The largest absolute Gasteiger partial charge is 0.486 e. The molecule has 5 heteroatoms. The van der Waals surface area contributed by atoms with Crippen molar-refractivity contribution >= 4 is 11.6 Å². The fourth-order valence-electron chi connectivity index (χ4n) is 3.54. The van der Waals surface area contributed by atoms with Gasteiger partial charge in [0, 0.05) is 12.2 Å². The van der Waals surface area contributed by atoms with E-state index >= 15 is 0 Å². The van der Waals surface area contributed by atoms with E-state index in [1.807, 2.05) is 36.4 Å². The monoisotopic (exact) mass is 339 g/mol. The van der Waals surface area contributed by atoms with E-state index in [4.69, 9.17) is 9.47 Å². The molecule has 0 radical (unpaired) electrons. The Morgan fingerprint density at radius 2 is 1.80 bits per heavy atom. The average Bonchev–Trinajstić information content (AvgIpc) is 2.68. The van der Waals surface area contributed by atoms with Gasteiger partial charge >= 0.3 is 0 Å². The number of carbonyl (C=O) groups is 1. The van der Waals surface area contributed by atoms with E-state index in [-0.39, 0.29) is 5.91 Å². The molecule has 130 valence electrons. The molecule has 0 saturated carbocycles. The van der Waals surface area contributed by atoms with Crippen LogP contribution < -0.4 is 14.4 Å². The predicted octanol–water partition coefficient (Wildman–Crippen LogP) is 2.93. The summed E-state index contributed by atoms with van der Waals surface area (Å²) >= 11 is 0. The molecule has 0 unspecified atom stereocenters. The molecule has 0 aromatic heterocycles. The molecule has 25 heavy (non-hydrogen) atoms. The zero-order valence-electron chi connectivity index (χ0n) is 13.9. The highest BCUT2D eigenvalue weighted by Crippen LogP contribution is 2.37. The Morgan fingerprint density at radius 3 is 2.60 bits per heavy atom. The molecule has 4 rings (SSSR count). The Balaban J connectivity index is 1.57. The molecule has 1 fully saturated rings. The van der Waals surface area contributed by atoms with Gasteiger partial charge in [-0.15, -0.1) is 0 Å². The summed E-state index contributed by atoms with van der Waals surface area (Å²) in [6.07, 6.45) is 0.694. The minimum Gasteiger partial charge on any atom is -0.486 e. The minimum atomic E-state index is -0.852. The molecular weight excluding hydrogens is 318 g/mol. The fraction of sp³-hybridized carbons (Fsp3) is 0.350. The number of para-hydroxylation sites is 1. The van der Waals surface area contributed by atoms with Gasteiger partial charge in [0.2, 0.25) is 5.91 Å². The lowest BCUT2D eigenvalue weighted by molar-refractivity contribution is -0.127. The summed E-state index contributed by atoms with van der Waals surface area (Å²) in [7, 11) is 0. The molecule has 2 aromatic carbocycles. The van der Waals surface area contributed by atoms with Gasteiger partial charge in [0.1, 0.15) is 13.2 Å². The van der Waals surface area contributed by atoms with Crippen LogP contribution in [0.5, 0.6) is 11.5 Å². The summed E-state index contributed by atoms with van der Waals surface area (Å²) in [5.74, 6) is 0.838. The van der Waals surface area contributed by atoms with Crippen molar-refractivity contribution in [3.05, 3.63) is 54.1 Å². The van der Waals surface area contributed by atoms with Crippen molar-refractivity contribution in [2.45, 2.75) is 18.9 Å². The first kappa shape index (κ1) is 16.0. The van der Waals surface area contributed by atoms with Gasteiger partial charge in [-0.1, -0.05) is 24.3 Å². The van der Waals surface area contributed by atoms with Gasteiger partial charge in [0.25, 0.3) is 0 Å². The van der Waals surface area contributed by atoms with Crippen LogP contribution in [0.1, 0.15) is 24.5 Å². The number of anilines is 1. The second-order valence-electron chi connectivity index (χ2n) is 6.42. The third-order valence-electron chi connectivity index (χ3n) is 4.84. The van der Waals surface area contributed by atoms with Gasteiger partial charge < -0.3 is 19.5 Å². The quantitative estimate of drug-likeness (QED) is 0.934. The molecule has 2 aromatic rings. The number of aliphatic hydroxyl groups excluding tert-OH is 1. The maximum Gasteiger partial charge on any atom is 0.233 e. The van der Waals surface area contributed by atoms with Crippen molar-refractivity contribution in [1.29, 1.82) is 0 Å². The lowest BCUT2D eigenvalue weighted by Crippen LogP contribution is -2.43. The third-order valence-corrected chi connectivity index (χ3v) is 4.84. The maximum absolute atomic E-state index is 12.9. The number of rotatable bonds is 3. The molecular formula is C20H21NO4. The summed E-state index contributed by atoms with van der Waals surface area (Å²) in [6.45, 7) is 1.71. The van der Waals surface area contributed by atoms with Crippen LogP contribution >= 0.6 is 0 Å². The van der Waals surface area contributed by atoms with E-state index in [0.717, 1.165) is 12.1 Å². The second kappa shape index (κ2) is 6.76. The zero-order chi connectivity index (χ0) is 17.2. The highest BCUT2D eigenvalue weighted by molar-refractivity contribution is 5.96. The van der Waals surface area contributed by atoms with E-state index in [1.165, 1.54) is 0 Å². The number of piperidine rings is 1. The summed E-state index contributed by atoms with van der Waals surface area (Å²) in [5, 5.41) is 10.8. The normalized spacial score (nSPS) is 21.1. The van der Waals surface area contributed by atoms with Gasteiger partial charge in [0.05, 0.1) is 12.0 Å². The second-order valence-corrected chi connectivity index (χ2v) is 6.42. The molecule has 5 nitrogen and oxygen atoms in total. The van der Waals surface area contributed by atoms with E-state index in [9.17, 15) is 9.90 Å². The third kappa shape index (κ3) is 3.07. The van der Waals surface area contributed by atoms with Crippen molar-refractivity contribution < 1.29 is 19.4 Å². The SMILES string of the molecule is O=C1[C@@H]([C@@H](O)c2ccc3c(c2)OCCO3)CCCN1c1ccccc1. The van der Waals surface area contributed by atoms with Crippen LogP contribution in [-0.2, 0) is 4.79 Å². The Kier molecular flexibility index (Phi) is 4.32. The zero-order valence-corrected chi connectivity index (χ0v) is 13.9. The minimum absolute atomic E-state index is 0.0279. The molecule has 1 saturated heterocycles. The van der Waals surface area contributed by atoms with Crippen molar-refractivity contribution in [3.63, 3.8) is 0 Å². The maximum atomic E-state index is 12.9. The predicted molar refractivity (Wildman–Crippen MR) is 93.9 cm³/mol. The first-order chi connectivity index (χ1) is 12.2. The Hall–Kier alpha value is -2.53. The molecule has 2 atom stereocenters. The van der Waals surface area contributed by atoms with Crippen LogP contribution in [0.25, 0.3) is 0 Å². The number of hydrogen-bond donors (Lipinski definition) is 1.